The number of rotatable bonds is 5. The fourth-order valence-electron chi connectivity index (χ4n) is 4.58. The van der Waals surface area contributed by atoms with Gasteiger partial charge in [-0.15, -0.1) is 0 Å². The summed E-state index contributed by atoms with van der Waals surface area (Å²) in [6.07, 6.45) is -0.446. The van der Waals surface area contributed by atoms with E-state index >= 15 is 0 Å². The molecule has 3 aliphatic rings. The SMILES string of the molecule is COC(=O)N1CC2CC2(c2c(F)cc(N3C[C@H](CCC(C)=O)OC3=O)cc2F)C1. The van der Waals surface area contributed by atoms with E-state index in [0.717, 1.165) is 12.1 Å². The number of benzene rings is 1. The van der Waals surface area contributed by atoms with E-state index in [9.17, 15) is 23.2 Å². The summed E-state index contributed by atoms with van der Waals surface area (Å²) in [6, 6.07) is 2.27. The largest absolute Gasteiger partial charge is 0.453 e. The second-order valence-corrected chi connectivity index (χ2v) is 8.05. The van der Waals surface area contributed by atoms with Crippen LogP contribution in [-0.4, -0.2) is 55.7 Å². The molecule has 2 amide bonds. The van der Waals surface area contributed by atoms with Crippen molar-refractivity contribution in [2.45, 2.75) is 37.7 Å². The predicted molar refractivity (Wildman–Crippen MR) is 97.7 cm³/mol. The molecule has 1 aromatic rings. The molecule has 0 N–H and O–H groups in total. The number of methoxy groups -OCH3 is 1. The zero-order chi connectivity index (χ0) is 20.9. The van der Waals surface area contributed by atoms with Crippen molar-refractivity contribution in [3.8, 4) is 0 Å². The third-order valence-electron chi connectivity index (χ3n) is 6.11. The molecule has 156 valence electrons. The number of halogens is 2. The smallest absolute Gasteiger partial charge is 0.414 e. The molecule has 4 rings (SSSR count). The highest BCUT2D eigenvalue weighted by Crippen LogP contribution is 2.60. The van der Waals surface area contributed by atoms with Gasteiger partial charge >= 0.3 is 12.2 Å². The summed E-state index contributed by atoms with van der Waals surface area (Å²) in [7, 11) is 1.27. The fraction of sp³-hybridized carbons (Fsp3) is 0.550. The standard InChI is InChI=1S/C20H22F2N2O5/c1-11(25)3-4-14-9-24(19(27)29-14)13-5-15(21)17(16(22)6-13)20-7-12(20)8-23(10-20)18(26)28-2/h5-6,12,14H,3-4,7-10H2,1-2H3/t12?,14-,20?/m0/s1. The Labute approximate surface area is 166 Å². The van der Waals surface area contributed by atoms with E-state index in [0.29, 0.717) is 19.4 Å². The van der Waals surface area contributed by atoms with Crippen molar-refractivity contribution in [1.29, 1.82) is 0 Å². The van der Waals surface area contributed by atoms with Gasteiger partial charge in [-0.2, -0.15) is 0 Å². The number of carbonyl (C=O) groups is 3. The lowest BCUT2D eigenvalue weighted by Crippen LogP contribution is -2.33. The topological polar surface area (TPSA) is 76.2 Å². The minimum Gasteiger partial charge on any atom is -0.453 e. The van der Waals surface area contributed by atoms with Gasteiger partial charge in [0.1, 0.15) is 23.5 Å². The molecule has 0 aromatic heterocycles. The molecule has 0 spiro atoms. The monoisotopic (exact) mass is 408 g/mol. The van der Waals surface area contributed by atoms with Gasteiger partial charge in [0, 0.05) is 30.5 Å². The van der Waals surface area contributed by atoms with Gasteiger partial charge < -0.3 is 19.2 Å². The van der Waals surface area contributed by atoms with E-state index in [4.69, 9.17) is 9.47 Å². The average molecular weight is 408 g/mol. The van der Waals surface area contributed by atoms with Gasteiger partial charge in [-0.05, 0) is 37.8 Å². The van der Waals surface area contributed by atoms with Gasteiger partial charge in [0.15, 0.2) is 0 Å². The maximum absolute atomic E-state index is 15.0. The van der Waals surface area contributed by atoms with Gasteiger partial charge in [-0.1, -0.05) is 0 Å². The number of hydrogen-bond acceptors (Lipinski definition) is 5. The van der Waals surface area contributed by atoms with Crippen LogP contribution in [0.1, 0.15) is 31.7 Å². The van der Waals surface area contributed by atoms with Crippen molar-refractivity contribution < 1.29 is 32.6 Å². The van der Waals surface area contributed by atoms with Crippen molar-refractivity contribution in [2.75, 3.05) is 31.6 Å². The second-order valence-electron chi connectivity index (χ2n) is 8.05. The third-order valence-corrected chi connectivity index (χ3v) is 6.11. The molecule has 2 saturated heterocycles. The molecule has 2 heterocycles. The van der Waals surface area contributed by atoms with E-state index in [1.165, 1.54) is 23.8 Å². The summed E-state index contributed by atoms with van der Waals surface area (Å²) in [4.78, 5) is 37.6. The molecule has 7 nitrogen and oxygen atoms in total. The summed E-state index contributed by atoms with van der Waals surface area (Å²) in [6.45, 7) is 2.20. The van der Waals surface area contributed by atoms with Crippen LogP contribution in [-0.2, 0) is 19.7 Å². The average Bonchev–Trinajstić information content (AvgIpc) is 3.02. The van der Waals surface area contributed by atoms with Crippen molar-refractivity contribution in [2.24, 2.45) is 5.92 Å². The van der Waals surface area contributed by atoms with Crippen molar-refractivity contribution in [1.82, 2.24) is 4.90 Å². The summed E-state index contributed by atoms with van der Waals surface area (Å²) in [5.74, 6) is -1.51. The Bertz CT molecular complexity index is 869. The van der Waals surface area contributed by atoms with E-state index < -0.39 is 35.3 Å². The number of fused-ring (bicyclic) bond motifs is 1. The molecule has 2 aliphatic heterocycles. The first-order valence-electron chi connectivity index (χ1n) is 9.55. The fourth-order valence-corrected chi connectivity index (χ4v) is 4.58. The van der Waals surface area contributed by atoms with Crippen LogP contribution in [0.15, 0.2) is 12.1 Å². The minimum atomic E-state index is -0.741. The Morgan fingerprint density at radius 1 is 1.28 bits per heavy atom. The molecule has 1 aliphatic carbocycles. The Hall–Kier alpha value is -2.71. The first kappa shape index (κ1) is 19.6. The summed E-state index contributed by atoms with van der Waals surface area (Å²) >= 11 is 0. The lowest BCUT2D eigenvalue weighted by atomic mass is 9.93. The Kier molecular flexibility index (Phi) is 4.71. The van der Waals surface area contributed by atoms with Crippen LogP contribution in [0.5, 0.6) is 0 Å². The van der Waals surface area contributed by atoms with Crippen LogP contribution in [0.2, 0.25) is 0 Å². The van der Waals surface area contributed by atoms with E-state index in [1.807, 2.05) is 0 Å². The summed E-state index contributed by atoms with van der Waals surface area (Å²) in [5, 5.41) is 0. The molecule has 29 heavy (non-hydrogen) atoms. The van der Waals surface area contributed by atoms with Crippen LogP contribution >= 0.6 is 0 Å². The number of anilines is 1. The number of ether oxygens (including phenoxy) is 2. The molecular formula is C20H22F2N2O5. The first-order chi connectivity index (χ1) is 13.7. The Morgan fingerprint density at radius 3 is 2.59 bits per heavy atom. The van der Waals surface area contributed by atoms with Crippen LogP contribution < -0.4 is 4.90 Å². The van der Waals surface area contributed by atoms with Crippen molar-refractivity contribution >= 4 is 23.7 Å². The number of carbonyl (C=O) groups excluding carboxylic acids is 3. The number of hydrogen-bond donors (Lipinski definition) is 0. The number of ketones is 1. The highest BCUT2D eigenvalue weighted by Gasteiger charge is 2.64. The lowest BCUT2D eigenvalue weighted by molar-refractivity contribution is -0.117. The van der Waals surface area contributed by atoms with Crippen LogP contribution in [0, 0.1) is 17.6 Å². The van der Waals surface area contributed by atoms with Gasteiger partial charge in [0.25, 0.3) is 0 Å². The number of cyclic esters (lactones) is 1. The second kappa shape index (κ2) is 6.96. The molecule has 0 bridgehead atoms. The van der Waals surface area contributed by atoms with E-state index in [1.54, 1.807) is 0 Å². The number of likely N-dealkylation sites (tertiary alicyclic amines) is 1. The van der Waals surface area contributed by atoms with Gasteiger partial charge in [0.05, 0.1) is 19.3 Å². The predicted octanol–water partition coefficient (Wildman–Crippen LogP) is 3.00. The maximum atomic E-state index is 15.0. The maximum Gasteiger partial charge on any atom is 0.414 e. The summed E-state index contributed by atoms with van der Waals surface area (Å²) in [5.41, 5.74) is -0.704. The van der Waals surface area contributed by atoms with Gasteiger partial charge in [0.2, 0.25) is 0 Å². The molecular weight excluding hydrogens is 386 g/mol. The van der Waals surface area contributed by atoms with Crippen molar-refractivity contribution in [3.05, 3.63) is 29.3 Å². The molecule has 0 radical (unpaired) electrons. The van der Waals surface area contributed by atoms with Crippen LogP contribution in [0.3, 0.4) is 0 Å². The highest BCUT2D eigenvalue weighted by molar-refractivity contribution is 5.90. The Morgan fingerprint density at radius 2 is 1.97 bits per heavy atom. The number of nitrogens with zero attached hydrogens (tertiary/aromatic N) is 2. The van der Waals surface area contributed by atoms with Gasteiger partial charge in [-0.25, -0.2) is 18.4 Å². The Balaban J connectivity index is 1.54. The van der Waals surface area contributed by atoms with Gasteiger partial charge in [-0.3, -0.25) is 4.90 Å². The zero-order valence-corrected chi connectivity index (χ0v) is 16.2. The molecule has 9 heteroatoms. The minimum absolute atomic E-state index is 0.0100. The van der Waals surface area contributed by atoms with Crippen molar-refractivity contribution in [3.63, 3.8) is 0 Å². The molecule has 3 fully saturated rings. The first-order valence-corrected chi connectivity index (χ1v) is 9.55. The normalized spacial score (nSPS) is 27.7. The molecule has 1 saturated carbocycles. The highest BCUT2D eigenvalue weighted by atomic mass is 19.1. The van der Waals surface area contributed by atoms with Crippen LogP contribution in [0.4, 0.5) is 24.1 Å². The van der Waals surface area contributed by atoms with Crippen LogP contribution in [0.25, 0.3) is 0 Å². The van der Waals surface area contributed by atoms with E-state index in [-0.39, 0.29) is 42.5 Å². The number of Topliss-reactive ketones (excluding diaryl/α,β-unsaturated/α-hetero) is 1. The molecule has 1 aromatic carbocycles. The number of piperidine rings is 1. The zero-order valence-electron chi connectivity index (χ0n) is 16.2. The quantitative estimate of drug-likeness (QED) is 0.749. The molecule has 3 atom stereocenters. The summed E-state index contributed by atoms with van der Waals surface area (Å²) < 4.78 is 39.9. The van der Waals surface area contributed by atoms with E-state index in [2.05, 4.69) is 0 Å². The molecule has 2 unspecified atom stereocenters. The third kappa shape index (κ3) is 3.32. The number of amides is 2. The lowest BCUT2D eigenvalue weighted by Gasteiger charge is -2.22.